The van der Waals surface area contributed by atoms with Crippen molar-refractivity contribution in [1.29, 1.82) is 0 Å². The zero-order chi connectivity index (χ0) is 18.1. The molecule has 0 fully saturated rings. The Labute approximate surface area is 151 Å². The van der Waals surface area contributed by atoms with Crippen molar-refractivity contribution in [2.24, 2.45) is 0 Å². The van der Waals surface area contributed by atoms with E-state index in [0.717, 1.165) is 5.56 Å². The Balaban J connectivity index is 1.84. The number of benzene rings is 2. The Hall–Kier alpha value is -3.40. The summed E-state index contributed by atoms with van der Waals surface area (Å²) in [6, 6.07) is 20.5. The van der Waals surface area contributed by atoms with E-state index in [1.54, 1.807) is 24.3 Å². The SMILES string of the molecule is COC1=C(c2cccn2Cc2ccccc2)C(=O)c2ccccc2C1=O. The van der Waals surface area contributed by atoms with Gasteiger partial charge >= 0.3 is 0 Å². The molecule has 0 atom stereocenters. The zero-order valence-electron chi connectivity index (χ0n) is 14.3. The van der Waals surface area contributed by atoms with Gasteiger partial charge in [0.1, 0.15) is 0 Å². The van der Waals surface area contributed by atoms with E-state index in [0.29, 0.717) is 28.9 Å². The summed E-state index contributed by atoms with van der Waals surface area (Å²) in [6.45, 7) is 0.604. The van der Waals surface area contributed by atoms with Crippen LogP contribution in [-0.2, 0) is 11.3 Å². The van der Waals surface area contributed by atoms with Crippen LogP contribution in [0.2, 0.25) is 0 Å². The molecule has 128 valence electrons. The Bertz CT molecular complexity index is 1030. The fraction of sp³-hybridized carbons (Fsp3) is 0.0909. The first-order valence-corrected chi connectivity index (χ1v) is 8.37. The molecule has 0 radical (unpaired) electrons. The molecule has 0 saturated heterocycles. The number of rotatable bonds is 4. The van der Waals surface area contributed by atoms with E-state index in [9.17, 15) is 9.59 Å². The molecule has 4 heteroatoms. The minimum Gasteiger partial charge on any atom is -0.492 e. The molecule has 0 saturated carbocycles. The third kappa shape index (κ3) is 2.56. The largest absolute Gasteiger partial charge is 0.492 e. The smallest absolute Gasteiger partial charge is 0.229 e. The van der Waals surface area contributed by atoms with Crippen molar-refractivity contribution >= 4 is 17.1 Å². The van der Waals surface area contributed by atoms with Crippen LogP contribution < -0.4 is 0 Å². The number of allylic oxidation sites excluding steroid dienone is 2. The first kappa shape index (κ1) is 16.1. The number of methoxy groups -OCH3 is 1. The van der Waals surface area contributed by atoms with Gasteiger partial charge in [0.05, 0.1) is 18.4 Å². The molecule has 0 spiro atoms. The highest BCUT2D eigenvalue weighted by atomic mass is 16.5. The standard InChI is InChI=1S/C22H17NO3/c1-26-22-19(20(24)16-10-5-6-11-17(16)21(22)25)18-12-7-13-23(18)14-15-8-3-2-4-9-15/h2-13H,14H2,1H3. The lowest BCUT2D eigenvalue weighted by atomic mass is 9.86. The van der Waals surface area contributed by atoms with Crippen molar-refractivity contribution in [2.75, 3.05) is 7.11 Å². The van der Waals surface area contributed by atoms with Crippen molar-refractivity contribution in [3.63, 3.8) is 0 Å². The summed E-state index contributed by atoms with van der Waals surface area (Å²) in [4.78, 5) is 26.0. The first-order chi connectivity index (χ1) is 12.7. The number of hydrogen-bond donors (Lipinski definition) is 0. The predicted molar refractivity (Wildman–Crippen MR) is 99.0 cm³/mol. The van der Waals surface area contributed by atoms with Gasteiger partial charge in [-0.1, -0.05) is 54.6 Å². The maximum atomic E-state index is 13.1. The molecular formula is C22H17NO3. The number of hydrogen-bond acceptors (Lipinski definition) is 3. The Morgan fingerprint density at radius 2 is 1.46 bits per heavy atom. The fourth-order valence-corrected chi connectivity index (χ4v) is 3.34. The second-order valence-corrected chi connectivity index (χ2v) is 6.12. The Kier molecular flexibility index (Phi) is 4.01. The first-order valence-electron chi connectivity index (χ1n) is 8.37. The van der Waals surface area contributed by atoms with Gasteiger partial charge in [-0.05, 0) is 17.7 Å². The topological polar surface area (TPSA) is 48.3 Å². The summed E-state index contributed by atoms with van der Waals surface area (Å²) in [5, 5.41) is 0. The molecule has 0 aliphatic heterocycles. The van der Waals surface area contributed by atoms with Gasteiger partial charge in [-0.25, -0.2) is 0 Å². The molecule has 0 N–H and O–H groups in total. The van der Waals surface area contributed by atoms with Crippen molar-refractivity contribution in [3.8, 4) is 0 Å². The second kappa shape index (κ2) is 6.48. The number of ketones is 2. The number of ether oxygens (including phenoxy) is 1. The van der Waals surface area contributed by atoms with Crippen molar-refractivity contribution in [1.82, 2.24) is 4.57 Å². The molecule has 0 unspecified atom stereocenters. The van der Waals surface area contributed by atoms with Crippen LogP contribution in [-0.4, -0.2) is 23.2 Å². The van der Waals surface area contributed by atoms with Gasteiger partial charge in [0.25, 0.3) is 0 Å². The molecule has 4 nitrogen and oxygen atoms in total. The summed E-state index contributed by atoms with van der Waals surface area (Å²) in [5.74, 6) is -0.350. The summed E-state index contributed by atoms with van der Waals surface area (Å²) in [5.41, 5.74) is 2.91. The number of fused-ring (bicyclic) bond motifs is 1. The molecule has 1 aliphatic carbocycles. The maximum Gasteiger partial charge on any atom is 0.229 e. The van der Waals surface area contributed by atoms with Crippen LogP contribution in [0.25, 0.3) is 5.57 Å². The maximum absolute atomic E-state index is 13.1. The number of carbonyl (C=O) groups excluding carboxylic acids is 2. The van der Waals surface area contributed by atoms with Crippen LogP contribution in [0.1, 0.15) is 32.0 Å². The van der Waals surface area contributed by atoms with Gasteiger partial charge < -0.3 is 9.30 Å². The average Bonchev–Trinajstić information content (AvgIpc) is 3.13. The minimum atomic E-state index is -0.259. The molecule has 1 aliphatic rings. The van der Waals surface area contributed by atoms with Crippen molar-refractivity contribution in [2.45, 2.75) is 6.54 Å². The molecule has 4 rings (SSSR count). The Morgan fingerprint density at radius 3 is 2.15 bits per heavy atom. The molecule has 1 aromatic heterocycles. The monoisotopic (exact) mass is 343 g/mol. The van der Waals surface area contributed by atoms with E-state index >= 15 is 0 Å². The van der Waals surface area contributed by atoms with Gasteiger partial charge in [-0.2, -0.15) is 0 Å². The van der Waals surface area contributed by atoms with Crippen LogP contribution in [0.15, 0.2) is 78.7 Å². The highest BCUT2D eigenvalue weighted by Gasteiger charge is 2.34. The van der Waals surface area contributed by atoms with E-state index in [-0.39, 0.29) is 17.3 Å². The van der Waals surface area contributed by atoms with E-state index in [1.807, 2.05) is 53.2 Å². The quantitative estimate of drug-likeness (QED) is 0.720. The normalized spacial score (nSPS) is 13.7. The predicted octanol–water partition coefficient (Wildman–Crippen LogP) is 3.97. The molecule has 2 aromatic carbocycles. The summed E-state index contributed by atoms with van der Waals surface area (Å²) < 4.78 is 7.33. The van der Waals surface area contributed by atoms with Crippen molar-refractivity contribution in [3.05, 3.63) is 101 Å². The lowest BCUT2D eigenvalue weighted by Crippen LogP contribution is -2.23. The molecular weight excluding hydrogens is 326 g/mol. The molecule has 1 heterocycles. The van der Waals surface area contributed by atoms with E-state index in [2.05, 4.69) is 0 Å². The minimum absolute atomic E-state index is 0.0988. The lowest BCUT2D eigenvalue weighted by molar-refractivity contribution is 0.0924. The number of aromatic nitrogens is 1. The van der Waals surface area contributed by atoms with Crippen molar-refractivity contribution < 1.29 is 14.3 Å². The third-order valence-electron chi connectivity index (χ3n) is 4.56. The van der Waals surface area contributed by atoms with Gasteiger partial charge in [0.2, 0.25) is 5.78 Å². The second-order valence-electron chi connectivity index (χ2n) is 6.12. The Morgan fingerprint density at radius 1 is 0.808 bits per heavy atom. The van der Waals surface area contributed by atoms with Crippen LogP contribution in [0.5, 0.6) is 0 Å². The van der Waals surface area contributed by atoms with Gasteiger partial charge in [0, 0.05) is 23.9 Å². The van der Waals surface area contributed by atoms with Crippen LogP contribution in [0, 0.1) is 0 Å². The number of nitrogens with zero attached hydrogens (tertiary/aromatic N) is 1. The number of Topliss-reactive ketones (excluding diaryl/α,β-unsaturated/α-hetero) is 2. The molecule has 0 amide bonds. The molecule has 3 aromatic rings. The average molecular weight is 343 g/mol. The van der Waals surface area contributed by atoms with E-state index in [4.69, 9.17) is 4.74 Å². The van der Waals surface area contributed by atoms with Crippen LogP contribution >= 0.6 is 0 Å². The summed E-state index contributed by atoms with van der Waals surface area (Å²) >= 11 is 0. The third-order valence-corrected chi connectivity index (χ3v) is 4.56. The van der Waals surface area contributed by atoms with Crippen LogP contribution in [0.4, 0.5) is 0 Å². The highest BCUT2D eigenvalue weighted by molar-refractivity contribution is 6.39. The zero-order valence-corrected chi connectivity index (χ0v) is 14.3. The molecule has 0 bridgehead atoms. The van der Waals surface area contributed by atoms with E-state index < -0.39 is 0 Å². The summed E-state index contributed by atoms with van der Waals surface area (Å²) in [6.07, 6.45) is 1.90. The number of carbonyl (C=O) groups is 2. The van der Waals surface area contributed by atoms with Gasteiger partial charge in [-0.15, -0.1) is 0 Å². The lowest BCUT2D eigenvalue weighted by Gasteiger charge is -2.21. The highest BCUT2D eigenvalue weighted by Crippen LogP contribution is 2.33. The van der Waals surface area contributed by atoms with Gasteiger partial charge in [0.15, 0.2) is 11.5 Å². The van der Waals surface area contributed by atoms with Crippen LogP contribution in [0.3, 0.4) is 0 Å². The fourth-order valence-electron chi connectivity index (χ4n) is 3.34. The summed E-state index contributed by atoms with van der Waals surface area (Å²) in [7, 11) is 1.43. The van der Waals surface area contributed by atoms with Gasteiger partial charge in [-0.3, -0.25) is 9.59 Å². The molecule has 26 heavy (non-hydrogen) atoms. The van der Waals surface area contributed by atoms with E-state index in [1.165, 1.54) is 7.11 Å².